The maximum Gasteiger partial charge on any atom is 0.254 e. The van der Waals surface area contributed by atoms with Crippen LogP contribution in [0.4, 0.5) is 0 Å². The SMILES string of the molecule is CCCN(CC(N)=S)C(=O)c1ccc(C)c(C)c1. The molecule has 1 amide bonds. The van der Waals surface area contributed by atoms with Crippen LogP contribution in [0.2, 0.25) is 0 Å². The Labute approximate surface area is 114 Å². The quantitative estimate of drug-likeness (QED) is 0.831. The lowest BCUT2D eigenvalue weighted by molar-refractivity contribution is 0.0780. The minimum atomic E-state index is -0.00671. The van der Waals surface area contributed by atoms with E-state index in [2.05, 4.69) is 0 Å². The molecule has 0 aliphatic carbocycles. The molecular weight excluding hydrogens is 244 g/mol. The van der Waals surface area contributed by atoms with Crippen LogP contribution in [0.3, 0.4) is 0 Å². The Balaban J connectivity index is 2.93. The van der Waals surface area contributed by atoms with E-state index in [0.717, 1.165) is 12.0 Å². The molecular formula is C14H20N2OS. The molecule has 0 bridgehead atoms. The lowest BCUT2D eigenvalue weighted by Gasteiger charge is -2.21. The molecule has 0 aliphatic rings. The fraction of sp³-hybridized carbons (Fsp3) is 0.429. The van der Waals surface area contributed by atoms with E-state index in [9.17, 15) is 4.79 Å². The van der Waals surface area contributed by atoms with Gasteiger partial charge in [-0.05, 0) is 43.5 Å². The number of thiocarbonyl (C=S) groups is 1. The van der Waals surface area contributed by atoms with Gasteiger partial charge in [-0.1, -0.05) is 25.2 Å². The molecule has 0 fully saturated rings. The second kappa shape index (κ2) is 6.50. The van der Waals surface area contributed by atoms with E-state index >= 15 is 0 Å². The summed E-state index contributed by atoms with van der Waals surface area (Å²) in [7, 11) is 0. The summed E-state index contributed by atoms with van der Waals surface area (Å²) in [6.07, 6.45) is 0.888. The highest BCUT2D eigenvalue weighted by atomic mass is 32.1. The normalized spacial score (nSPS) is 10.2. The van der Waals surface area contributed by atoms with Crippen LogP contribution in [0.25, 0.3) is 0 Å². The van der Waals surface area contributed by atoms with Crippen molar-refractivity contribution >= 4 is 23.1 Å². The summed E-state index contributed by atoms with van der Waals surface area (Å²) in [4.78, 5) is 14.4. The summed E-state index contributed by atoms with van der Waals surface area (Å²) in [5.41, 5.74) is 8.53. The molecule has 1 rings (SSSR count). The first-order valence-corrected chi connectivity index (χ1v) is 6.51. The average molecular weight is 264 g/mol. The van der Waals surface area contributed by atoms with Gasteiger partial charge in [0.2, 0.25) is 0 Å². The van der Waals surface area contributed by atoms with E-state index in [0.29, 0.717) is 23.6 Å². The van der Waals surface area contributed by atoms with Crippen molar-refractivity contribution in [3.05, 3.63) is 34.9 Å². The molecule has 2 N–H and O–H groups in total. The van der Waals surface area contributed by atoms with Gasteiger partial charge in [-0.2, -0.15) is 0 Å². The van der Waals surface area contributed by atoms with Gasteiger partial charge in [0.25, 0.3) is 5.91 Å². The molecule has 0 aliphatic heterocycles. The van der Waals surface area contributed by atoms with Crippen molar-refractivity contribution in [2.45, 2.75) is 27.2 Å². The fourth-order valence-electron chi connectivity index (χ4n) is 1.77. The Morgan fingerprint density at radius 3 is 2.50 bits per heavy atom. The van der Waals surface area contributed by atoms with Crippen LogP contribution in [0.15, 0.2) is 18.2 Å². The molecule has 0 saturated carbocycles. The molecule has 0 atom stereocenters. The molecule has 0 spiro atoms. The number of amides is 1. The number of nitrogens with zero attached hydrogens (tertiary/aromatic N) is 1. The fourth-order valence-corrected chi connectivity index (χ4v) is 1.92. The second-order valence-electron chi connectivity index (χ2n) is 4.49. The summed E-state index contributed by atoms with van der Waals surface area (Å²) < 4.78 is 0. The zero-order valence-corrected chi connectivity index (χ0v) is 12.0. The third-order valence-electron chi connectivity index (χ3n) is 2.88. The highest BCUT2D eigenvalue weighted by molar-refractivity contribution is 7.80. The maximum atomic E-state index is 12.3. The summed E-state index contributed by atoms with van der Waals surface area (Å²) in [6, 6.07) is 5.74. The first kappa shape index (κ1) is 14.6. The van der Waals surface area contributed by atoms with Gasteiger partial charge in [-0.15, -0.1) is 0 Å². The number of hydrogen-bond acceptors (Lipinski definition) is 2. The standard InChI is InChI=1S/C14H20N2OS/c1-4-7-16(9-13(15)18)14(17)12-6-5-10(2)11(3)8-12/h5-6,8H,4,7,9H2,1-3H3,(H2,15,18). The predicted octanol–water partition coefficient (Wildman–Crippen LogP) is 2.44. The average Bonchev–Trinajstić information content (AvgIpc) is 2.31. The molecule has 0 heterocycles. The molecule has 98 valence electrons. The van der Waals surface area contributed by atoms with Crippen molar-refractivity contribution < 1.29 is 4.79 Å². The van der Waals surface area contributed by atoms with Crippen molar-refractivity contribution in [3.8, 4) is 0 Å². The Hall–Kier alpha value is -1.42. The lowest BCUT2D eigenvalue weighted by Crippen LogP contribution is -2.38. The Bertz CT molecular complexity index is 457. The van der Waals surface area contributed by atoms with Crippen molar-refractivity contribution in [1.82, 2.24) is 4.90 Å². The maximum absolute atomic E-state index is 12.3. The Kier molecular flexibility index (Phi) is 5.28. The van der Waals surface area contributed by atoms with Crippen molar-refractivity contribution in [2.75, 3.05) is 13.1 Å². The molecule has 0 radical (unpaired) electrons. The van der Waals surface area contributed by atoms with Crippen LogP contribution >= 0.6 is 12.2 Å². The summed E-state index contributed by atoms with van der Waals surface area (Å²) in [5, 5.41) is 0. The van der Waals surface area contributed by atoms with Gasteiger partial charge < -0.3 is 10.6 Å². The van der Waals surface area contributed by atoms with Gasteiger partial charge >= 0.3 is 0 Å². The van der Waals surface area contributed by atoms with Crippen LogP contribution in [0.5, 0.6) is 0 Å². The van der Waals surface area contributed by atoms with Gasteiger partial charge in [-0.25, -0.2) is 0 Å². The van der Waals surface area contributed by atoms with Gasteiger partial charge in [0, 0.05) is 12.1 Å². The van der Waals surface area contributed by atoms with E-state index in [1.165, 1.54) is 5.56 Å². The van der Waals surface area contributed by atoms with Gasteiger partial charge in [-0.3, -0.25) is 4.79 Å². The summed E-state index contributed by atoms with van der Waals surface area (Å²) in [6.45, 7) is 7.07. The van der Waals surface area contributed by atoms with E-state index < -0.39 is 0 Å². The summed E-state index contributed by atoms with van der Waals surface area (Å²) >= 11 is 4.89. The largest absolute Gasteiger partial charge is 0.392 e. The molecule has 3 nitrogen and oxygen atoms in total. The molecule has 1 aromatic carbocycles. The zero-order valence-electron chi connectivity index (χ0n) is 11.2. The number of carbonyl (C=O) groups excluding carboxylic acids is 1. The molecule has 0 saturated heterocycles. The van der Waals surface area contributed by atoms with Crippen molar-refractivity contribution in [2.24, 2.45) is 5.73 Å². The van der Waals surface area contributed by atoms with Gasteiger partial charge in [0.15, 0.2) is 0 Å². The number of rotatable bonds is 5. The van der Waals surface area contributed by atoms with Crippen molar-refractivity contribution in [3.63, 3.8) is 0 Å². The minimum absolute atomic E-state index is 0.00671. The smallest absolute Gasteiger partial charge is 0.254 e. The van der Waals surface area contributed by atoms with E-state index in [-0.39, 0.29) is 5.91 Å². The molecule has 1 aromatic rings. The number of nitrogens with two attached hydrogens (primary N) is 1. The van der Waals surface area contributed by atoms with Gasteiger partial charge in [0.1, 0.15) is 0 Å². The van der Waals surface area contributed by atoms with Gasteiger partial charge in [0.05, 0.1) is 11.5 Å². The first-order chi connectivity index (χ1) is 8.45. The van der Waals surface area contributed by atoms with Crippen LogP contribution in [-0.4, -0.2) is 28.9 Å². The van der Waals surface area contributed by atoms with Crippen LogP contribution in [-0.2, 0) is 0 Å². The number of carbonyl (C=O) groups is 1. The molecule has 18 heavy (non-hydrogen) atoms. The third kappa shape index (κ3) is 3.81. The molecule has 4 heteroatoms. The predicted molar refractivity (Wildman–Crippen MR) is 78.9 cm³/mol. The zero-order chi connectivity index (χ0) is 13.7. The number of aryl methyl sites for hydroxylation is 2. The van der Waals surface area contributed by atoms with E-state index in [1.54, 1.807) is 4.90 Å². The minimum Gasteiger partial charge on any atom is -0.392 e. The Morgan fingerprint density at radius 1 is 1.33 bits per heavy atom. The van der Waals surface area contributed by atoms with E-state index in [4.69, 9.17) is 18.0 Å². The Morgan fingerprint density at radius 2 is 2.00 bits per heavy atom. The molecule has 0 unspecified atom stereocenters. The summed E-state index contributed by atoms with van der Waals surface area (Å²) in [5.74, 6) is -0.00671. The third-order valence-corrected chi connectivity index (χ3v) is 3.01. The number of benzene rings is 1. The van der Waals surface area contributed by atoms with Crippen LogP contribution in [0.1, 0.15) is 34.8 Å². The number of hydrogen-bond donors (Lipinski definition) is 1. The van der Waals surface area contributed by atoms with Crippen LogP contribution in [0, 0.1) is 13.8 Å². The highest BCUT2D eigenvalue weighted by Gasteiger charge is 2.15. The molecule has 0 aromatic heterocycles. The topological polar surface area (TPSA) is 46.3 Å². The highest BCUT2D eigenvalue weighted by Crippen LogP contribution is 2.12. The second-order valence-corrected chi connectivity index (χ2v) is 5.02. The van der Waals surface area contributed by atoms with Crippen LogP contribution < -0.4 is 5.73 Å². The first-order valence-electron chi connectivity index (χ1n) is 6.10. The monoisotopic (exact) mass is 264 g/mol. The van der Waals surface area contributed by atoms with E-state index in [1.807, 2.05) is 39.0 Å². The van der Waals surface area contributed by atoms with Crippen molar-refractivity contribution in [1.29, 1.82) is 0 Å². The lowest BCUT2D eigenvalue weighted by atomic mass is 10.1.